The van der Waals surface area contributed by atoms with Crippen molar-refractivity contribution in [1.82, 2.24) is 10.2 Å². The fraction of sp³-hybridized carbons (Fsp3) is 0.429. The lowest BCUT2D eigenvalue weighted by Gasteiger charge is -2.32. The molecule has 1 aliphatic heterocycles. The van der Waals surface area contributed by atoms with Crippen LogP contribution < -0.4 is 5.32 Å². The van der Waals surface area contributed by atoms with Crippen molar-refractivity contribution < 1.29 is 14.7 Å². The van der Waals surface area contributed by atoms with Gasteiger partial charge in [-0.2, -0.15) is 0 Å². The number of aliphatic carboxylic acids is 1. The number of rotatable bonds is 5. The van der Waals surface area contributed by atoms with Crippen molar-refractivity contribution in [1.29, 1.82) is 0 Å². The molecule has 0 amide bonds. The summed E-state index contributed by atoms with van der Waals surface area (Å²) in [4.78, 5) is 25.3. The molecule has 102 valence electrons. The van der Waals surface area contributed by atoms with Crippen molar-refractivity contribution in [3.8, 4) is 0 Å². The molecule has 1 atom stereocenters. The first kappa shape index (κ1) is 13.7. The average Bonchev–Trinajstić information content (AvgIpc) is 2.46. The molecule has 0 aromatic heterocycles. The lowest BCUT2D eigenvalue weighted by atomic mass is 10.0. The number of carboxylic acid groups (broad SMARTS) is 1. The van der Waals surface area contributed by atoms with E-state index in [1.54, 1.807) is 24.3 Å². The topological polar surface area (TPSA) is 69.6 Å². The predicted octanol–water partition coefficient (Wildman–Crippen LogP) is 0.618. The second kappa shape index (κ2) is 6.45. The highest BCUT2D eigenvalue weighted by atomic mass is 16.4. The Kier molecular flexibility index (Phi) is 4.65. The van der Waals surface area contributed by atoms with E-state index in [1.807, 2.05) is 11.0 Å². The van der Waals surface area contributed by atoms with Gasteiger partial charge in [-0.25, -0.2) is 0 Å². The van der Waals surface area contributed by atoms with Crippen LogP contribution in [0.2, 0.25) is 0 Å². The fourth-order valence-electron chi connectivity index (χ4n) is 2.28. The van der Waals surface area contributed by atoms with Crippen LogP contribution in [0.25, 0.3) is 0 Å². The molecule has 1 aromatic rings. The molecule has 19 heavy (non-hydrogen) atoms. The van der Waals surface area contributed by atoms with Gasteiger partial charge < -0.3 is 10.4 Å². The molecule has 5 heteroatoms. The SMILES string of the molecule is O=C(CC(C(=O)O)N1CCNCC1)c1ccccc1. The first-order valence-electron chi connectivity index (χ1n) is 6.44. The average molecular weight is 262 g/mol. The molecule has 0 aliphatic carbocycles. The van der Waals surface area contributed by atoms with Crippen molar-refractivity contribution >= 4 is 11.8 Å². The molecule has 1 aromatic carbocycles. The van der Waals surface area contributed by atoms with Crippen molar-refractivity contribution in [2.45, 2.75) is 12.5 Å². The largest absolute Gasteiger partial charge is 0.480 e. The second-order valence-corrected chi connectivity index (χ2v) is 4.63. The predicted molar refractivity (Wildman–Crippen MR) is 71.3 cm³/mol. The minimum atomic E-state index is -0.925. The minimum Gasteiger partial charge on any atom is -0.480 e. The molecular weight excluding hydrogens is 244 g/mol. The molecule has 0 radical (unpaired) electrons. The van der Waals surface area contributed by atoms with Gasteiger partial charge in [0.05, 0.1) is 0 Å². The Balaban J connectivity index is 2.04. The third-order valence-corrected chi connectivity index (χ3v) is 3.35. The Hall–Kier alpha value is -1.72. The molecule has 2 rings (SSSR count). The first-order chi connectivity index (χ1) is 9.18. The number of benzene rings is 1. The van der Waals surface area contributed by atoms with Crippen LogP contribution in [-0.2, 0) is 4.79 Å². The number of piperazine rings is 1. The highest BCUT2D eigenvalue weighted by Crippen LogP contribution is 2.11. The molecule has 1 saturated heterocycles. The first-order valence-corrected chi connectivity index (χ1v) is 6.44. The van der Waals surface area contributed by atoms with Crippen LogP contribution in [0.3, 0.4) is 0 Å². The van der Waals surface area contributed by atoms with Gasteiger partial charge in [0, 0.05) is 38.2 Å². The second-order valence-electron chi connectivity index (χ2n) is 4.63. The van der Waals surface area contributed by atoms with Crippen molar-refractivity contribution in [3.63, 3.8) is 0 Å². The van der Waals surface area contributed by atoms with Crippen LogP contribution in [0.1, 0.15) is 16.8 Å². The third kappa shape index (κ3) is 3.62. The summed E-state index contributed by atoms with van der Waals surface area (Å²) in [5, 5.41) is 12.5. The number of carboxylic acids is 1. The number of nitrogens with one attached hydrogen (secondary N) is 1. The molecule has 5 nitrogen and oxygen atoms in total. The molecule has 1 heterocycles. The zero-order chi connectivity index (χ0) is 13.7. The van der Waals surface area contributed by atoms with Gasteiger partial charge >= 0.3 is 5.97 Å². The fourth-order valence-corrected chi connectivity index (χ4v) is 2.28. The quantitative estimate of drug-likeness (QED) is 0.761. The lowest BCUT2D eigenvalue weighted by Crippen LogP contribution is -2.51. The summed E-state index contributed by atoms with van der Waals surface area (Å²) >= 11 is 0. The zero-order valence-electron chi connectivity index (χ0n) is 10.7. The Labute approximate surface area is 112 Å². The number of carbonyl (C=O) groups is 2. The van der Waals surface area contributed by atoms with Gasteiger partial charge in [0.2, 0.25) is 0 Å². The summed E-state index contributed by atoms with van der Waals surface area (Å²) in [6.07, 6.45) is 0.0271. The highest BCUT2D eigenvalue weighted by Gasteiger charge is 2.29. The zero-order valence-corrected chi connectivity index (χ0v) is 10.7. The van der Waals surface area contributed by atoms with Gasteiger partial charge in [-0.3, -0.25) is 14.5 Å². The molecule has 0 bridgehead atoms. The maximum atomic E-state index is 12.1. The minimum absolute atomic E-state index is 0.0271. The molecule has 2 N–H and O–H groups in total. The van der Waals surface area contributed by atoms with Gasteiger partial charge in [0.1, 0.15) is 6.04 Å². The Morgan fingerprint density at radius 1 is 1.21 bits per heavy atom. The molecule has 0 spiro atoms. The molecule has 1 unspecified atom stereocenters. The van der Waals surface area contributed by atoms with Crippen molar-refractivity contribution in [3.05, 3.63) is 35.9 Å². The van der Waals surface area contributed by atoms with E-state index < -0.39 is 12.0 Å². The summed E-state index contributed by atoms with van der Waals surface area (Å²) in [6.45, 7) is 2.87. The summed E-state index contributed by atoms with van der Waals surface area (Å²) in [6, 6.07) is 8.12. The molecule has 0 saturated carbocycles. The van der Waals surface area contributed by atoms with E-state index in [2.05, 4.69) is 5.32 Å². The van der Waals surface area contributed by atoms with Crippen LogP contribution in [0.4, 0.5) is 0 Å². The van der Waals surface area contributed by atoms with Gasteiger partial charge in [0.15, 0.2) is 5.78 Å². The van der Waals surface area contributed by atoms with Gasteiger partial charge in [-0.15, -0.1) is 0 Å². The molecular formula is C14H18N2O3. The van der Waals surface area contributed by atoms with Crippen LogP contribution in [0, 0.1) is 0 Å². The summed E-state index contributed by atoms with van der Waals surface area (Å²) < 4.78 is 0. The summed E-state index contributed by atoms with van der Waals surface area (Å²) in [5.41, 5.74) is 0.573. The van der Waals surface area contributed by atoms with Crippen LogP contribution in [0.5, 0.6) is 0 Å². The third-order valence-electron chi connectivity index (χ3n) is 3.35. The Morgan fingerprint density at radius 3 is 2.42 bits per heavy atom. The highest BCUT2D eigenvalue weighted by molar-refractivity contribution is 5.98. The van der Waals surface area contributed by atoms with Gasteiger partial charge in [-0.1, -0.05) is 30.3 Å². The van der Waals surface area contributed by atoms with E-state index in [0.717, 1.165) is 13.1 Å². The van der Waals surface area contributed by atoms with E-state index in [1.165, 1.54) is 0 Å². The maximum absolute atomic E-state index is 12.1. The van der Waals surface area contributed by atoms with Crippen molar-refractivity contribution in [2.75, 3.05) is 26.2 Å². The monoisotopic (exact) mass is 262 g/mol. The normalized spacial score (nSPS) is 17.9. The standard InChI is InChI=1S/C14H18N2O3/c17-13(11-4-2-1-3-5-11)10-12(14(18)19)16-8-6-15-7-9-16/h1-5,12,15H,6-10H2,(H,18,19). The number of nitrogens with zero attached hydrogens (tertiary/aromatic N) is 1. The Morgan fingerprint density at radius 2 is 1.84 bits per heavy atom. The molecule has 1 aliphatic rings. The van der Waals surface area contributed by atoms with Crippen LogP contribution >= 0.6 is 0 Å². The summed E-state index contributed by atoms with van der Waals surface area (Å²) in [5.74, 6) is -1.04. The van der Waals surface area contributed by atoms with Crippen molar-refractivity contribution in [2.24, 2.45) is 0 Å². The number of Topliss-reactive ketones (excluding diaryl/α,β-unsaturated/α-hetero) is 1. The number of carbonyl (C=O) groups excluding carboxylic acids is 1. The smallest absolute Gasteiger partial charge is 0.321 e. The van der Waals surface area contributed by atoms with Gasteiger partial charge in [0.25, 0.3) is 0 Å². The van der Waals surface area contributed by atoms with Crippen LogP contribution in [0.15, 0.2) is 30.3 Å². The van der Waals surface area contributed by atoms with Gasteiger partial charge in [-0.05, 0) is 0 Å². The van der Waals surface area contributed by atoms with E-state index in [0.29, 0.717) is 18.7 Å². The maximum Gasteiger partial charge on any atom is 0.321 e. The van der Waals surface area contributed by atoms with E-state index >= 15 is 0 Å². The number of ketones is 1. The number of hydrogen-bond donors (Lipinski definition) is 2. The summed E-state index contributed by atoms with van der Waals surface area (Å²) in [7, 11) is 0. The van der Waals surface area contributed by atoms with Crippen LogP contribution in [-0.4, -0.2) is 54.0 Å². The van der Waals surface area contributed by atoms with E-state index in [4.69, 9.17) is 0 Å². The van der Waals surface area contributed by atoms with E-state index in [-0.39, 0.29) is 12.2 Å². The number of hydrogen-bond acceptors (Lipinski definition) is 4. The Bertz CT molecular complexity index is 441. The lowest BCUT2D eigenvalue weighted by molar-refractivity contribution is -0.143. The molecule has 1 fully saturated rings. The van der Waals surface area contributed by atoms with E-state index in [9.17, 15) is 14.7 Å².